The fraction of sp³-hybridized carbons (Fsp3) is 0.917. The van der Waals surface area contributed by atoms with E-state index in [1.165, 1.54) is 0 Å². The molecule has 4 heteroatoms. The minimum Gasteiger partial charge on any atom is -0.479 e. The van der Waals surface area contributed by atoms with E-state index in [0.29, 0.717) is 19.4 Å². The van der Waals surface area contributed by atoms with Crippen LogP contribution in [0.4, 0.5) is 0 Å². The first-order valence-electron chi connectivity index (χ1n) is 5.97. The van der Waals surface area contributed by atoms with Crippen LogP contribution in [0, 0.1) is 5.92 Å². The van der Waals surface area contributed by atoms with Gasteiger partial charge in [-0.15, -0.1) is 0 Å². The average molecular weight is 230 g/mol. The van der Waals surface area contributed by atoms with Gasteiger partial charge in [-0.1, -0.05) is 13.8 Å². The van der Waals surface area contributed by atoms with E-state index in [4.69, 9.17) is 9.84 Å². The van der Waals surface area contributed by atoms with Gasteiger partial charge in [-0.2, -0.15) is 0 Å². The van der Waals surface area contributed by atoms with E-state index in [2.05, 4.69) is 0 Å². The average Bonchev–Trinajstić information content (AvgIpc) is 2.27. The SMILES string of the molecule is CCC1(C)CC(C(O)(CC)C(=O)O)CCO1. The maximum atomic E-state index is 11.2. The molecule has 0 aromatic heterocycles. The zero-order valence-electron chi connectivity index (χ0n) is 10.3. The van der Waals surface area contributed by atoms with Crippen molar-refractivity contribution >= 4 is 5.97 Å². The topological polar surface area (TPSA) is 66.8 Å². The monoisotopic (exact) mass is 230 g/mol. The first kappa shape index (κ1) is 13.5. The van der Waals surface area contributed by atoms with Gasteiger partial charge in [-0.25, -0.2) is 4.79 Å². The maximum Gasteiger partial charge on any atom is 0.335 e. The highest BCUT2D eigenvalue weighted by Gasteiger charge is 2.47. The van der Waals surface area contributed by atoms with Crippen LogP contribution in [0.5, 0.6) is 0 Å². The van der Waals surface area contributed by atoms with Crippen LogP contribution in [0.25, 0.3) is 0 Å². The number of aliphatic hydroxyl groups is 1. The molecule has 4 nitrogen and oxygen atoms in total. The van der Waals surface area contributed by atoms with Crippen LogP contribution in [0.3, 0.4) is 0 Å². The van der Waals surface area contributed by atoms with Gasteiger partial charge in [0.15, 0.2) is 5.60 Å². The molecule has 1 aliphatic heterocycles. The van der Waals surface area contributed by atoms with Crippen molar-refractivity contribution in [3.05, 3.63) is 0 Å². The Balaban J connectivity index is 2.83. The lowest BCUT2D eigenvalue weighted by Crippen LogP contribution is -2.51. The van der Waals surface area contributed by atoms with Crippen LogP contribution < -0.4 is 0 Å². The summed E-state index contributed by atoms with van der Waals surface area (Å²) in [5, 5.41) is 19.3. The normalized spacial score (nSPS) is 34.4. The molecule has 0 spiro atoms. The molecule has 1 saturated heterocycles. The maximum absolute atomic E-state index is 11.2. The summed E-state index contributed by atoms with van der Waals surface area (Å²) < 4.78 is 5.66. The second kappa shape index (κ2) is 4.72. The third kappa shape index (κ3) is 2.38. The second-order valence-corrected chi connectivity index (χ2v) is 4.92. The van der Waals surface area contributed by atoms with Gasteiger partial charge < -0.3 is 14.9 Å². The quantitative estimate of drug-likeness (QED) is 0.773. The molecule has 0 amide bonds. The van der Waals surface area contributed by atoms with Crippen molar-refractivity contribution in [3.8, 4) is 0 Å². The van der Waals surface area contributed by atoms with Crippen molar-refractivity contribution in [2.75, 3.05) is 6.61 Å². The highest BCUT2D eigenvalue weighted by molar-refractivity contribution is 5.77. The summed E-state index contributed by atoms with van der Waals surface area (Å²) >= 11 is 0. The van der Waals surface area contributed by atoms with Crippen molar-refractivity contribution in [1.82, 2.24) is 0 Å². The molecule has 94 valence electrons. The number of carboxylic acids is 1. The third-order valence-electron chi connectivity index (χ3n) is 3.93. The summed E-state index contributed by atoms with van der Waals surface area (Å²) in [5.74, 6) is -1.32. The highest BCUT2D eigenvalue weighted by atomic mass is 16.5. The lowest BCUT2D eigenvalue weighted by Gasteiger charge is -2.42. The first-order valence-corrected chi connectivity index (χ1v) is 5.97. The number of carbonyl (C=O) groups is 1. The Morgan fingerprint density at radius 2 is 2.19 bits per heavy atom. The van der Waals surface area contributed by atoms with Crippen LogP contribution in [-0.2, 0) is 9.53 Å². The molecule has 0 radical (unpaired) electrons. The molecule has 3 atom stereocenters. The molecule has 0 aromatic rings. The van der Waals surface area contributed by atoms with Gasteiger partial charge in [0, 0.05) is 12.5 Å². The first-order chi connectivity index (χ1) is 7.38. The highest BCUT2D eigenvalue weighted by Crippen LogP contribution is 2.38. The Morgan fingerprint density at radius 3 is 2.62 bits per heavy atom. The number of hydrogen-bond donors (Lipinski definition) is 2. The summed E-state index contributed by atoms with van der Waals surface area (Å²) in [6.07, 6.45) is 2.31. The molecule has 2 N–H and O–H groups in total. The van der Waals surface area contributed by atoms with Gasteiger partial charge in [0.2, 0.25) is 0 Å². The van der Waals surface area contributed by atoms with E-state index in [1.807, 2.05) is 13.8 Å². The summed E-state index contributed by atoms with van der Waals surface area (Å²) in [5.41, 5.74) is -1.89. The largest absolute Gasteiger partial charge is 0.479 e. The zero-order valence-corrected chi connectivity index (χ0v) is 10.3. The van der Waals surface area contributed by atoms with Gasteiger partial charge in [-0.05, 0) is 32.6 Å². The van der Waals surface area contributed by atoms with Crippen LogP contribution >= 0.6 is 0 Å². The van der Waals surface area contributed by atoms with Gasteiger partial charge in [0.05, 0.1) is 5.60 Å². The molecule has 3 unspecified atom stereocenters. The van der Waals surface area contributed by atoms with Gasteiger partial charge in [0.1, 0.15) is 0 Å². The minimum absolute atomic E-state index is 0.214. The Morgan fingerprint density at radius 1 is 1.56 bits per heavy atom. The van der Waals surface area contributed by atoms with Crippen molar-refractivity contribution in [3.63, 3.8) is 0 Å². The number of carboxylic acid groups (broad SMARTS) is 1. The van der Waals surface area contributed by atoms with E-state index in [9.17, 15) is 9.90 Å². The molecular weight excluding hydrogens is 208 g/mol. The van der Waals surface area contributed by atoms with E-state index >= 15 is 0 Å². The van der Waals surface area contributed by atoms with E-state index in [1.54, 1.807) is 6.92 Å². The van der Waals surface area contributed by atoms with E-state index in [-0.39, 0.29) is 17.9 Å². The molecule has 0 bridgehead atoms. The fourth-order valence-electron chi connectivity index (χ4n) is 2.40. The summed E-state index contributed by atoms with van der Waals surface area (Å²) in [6, 6.07) is 0. The van der Waals surface area contributed by atoms with Crippen LogP contribution in [0.2, 0.25) is 0 Å². The number of hydrogen-bond acceptors (Lipinski definition) is 3. The number of aliphatic carboxylic acids is 1. The molecule has 1 fully saturated rings. The van der Waals surface area contributed by atoms with Crippen LogP contribution in [0.15, 0.2) is 0 Å². The minimum atomic E-state index is -1.60. The summed E-state index contributed by atoms with van der Waals surface area (Å²) in [7, 11) is 0. The predicted octanol–water partition coefficient (Wildman–Crippen LogP) is 1.81. The summed E-state index contributed by atoms with van der Waals surface area (Å²) in [4.78, 5) is 11.2. The number of ether oxygens (including phenoxy) is 1. The van der Waals surface area contributed by atoms with Gasteiger partial charge >= 0.3 is 5.97 Å². The summed E-state index contributed by atoms with van der Waals surface area (Å²) in [6.45, 7) is 6.25. The molecular formula is C12H22O4. The predicted molar refractivity (Wildman–Crippen MR) is 60.2 cm³/mol. The van der Waals surface area contributed by atoms with Crippen molar-refractivity contribution in [2.24, 2.45) is 5.92 Å². The Bertz CT molecular complexity index is 266. The van der Waals surface area contributed by atoms with E-state index in [0.717, 1.165) is 6.42 Å². The van der Waals surface area contributed by atoms with Gasteiger partial charge in [0.25, 0.3) is 0 Å². The zero-order chi connectivity index (χ0) is 12.4. The third-order valence-corrected chi connectivity index (χ3v) is 3.93. The lowest BCUT2D eigenvalue weighted by molar-refractivity contribution is -0.179. The molecule has 1 rings (SSSR count). The van der Waals surface area contributed by atoms with Crippen LogP contribution in [-0.4, -0.2) is 34.0 Å². The molecule has 16 heavy (non-hydrogen) atoms. The Labute approximate surface area is 96.6 Å². The Hall–Kier alpha value is -0.610. The number of rotatable bonds is 4. The van der Waals surface area contributed by atoms with Crippen LogP contribution in [0.1, 0.15) is 46.5 Å². The van der Waals surface area contributed by atoms with Crippen molar-refractivity contribution in [1.29, 1.82) is 0 Å². The lowest BCUT2D eigenvalue weighted by atomic mass is 9.74. The molecule has 1 heterocycles. The smallest absolute Gasteiger partial charge is 0.335 e. The van der Waals surface area contributed by atoms with Gasteiger partial charge in [-0.3, -0.25) is 0 Å². The second-order valence-electron chi connectivity index (χ2n) is 4.92. The van der Waals surface area contributed by atoms with Crippen molar-refractivity contribution in [2.45, 2.75) is 57.7 Å². The molecule has 1 aliphatic rings. The standard InChI is InChI=1S/C12H22O4/c1-4-11(3)8-9(6-7-16-11)12(15,5-2)10(13)14/h9,15H,4-8H2,1-3H3,(H,13,14). The van der Waals surface area contributed by atoms with Crippen molar-refractivity contribution < 1.29 is 19.7 Å². The molecule has 0 aromatic carbocycles. The fourth-order valence-corrected chi connectivity index (χ4v) is 2.40. The molecule has 0 aliphatic carbocycles. The Kier molecular flexibility index (Phi) is 3.97. The molecule has 0 saturated carbocycles. The van der Waals surface area contributed by atoms with E-state index < -0.39 is 11.6 Å².